The van der Waals surface area contributed by atoms with Gasteiger partial charge in [-0.3, -0.25) is 14.8 Å². The molecule has 0 saturated carbocycles. The molecule has 0 aliphatic rings. The van der Waals surface area contributed by atoms with E-state index in [1.54, 1.807) is 31.8 Å². The summed E-state index contributed by atoms with van der Waals surface area (Å²) in [5.41, 5.74) is 1.80. The first-order valence-corrected chi connectivity index (χ1v) is 9.58. The molecule has 0 aliphatic heterocycles. The molecule has 0 saturated heterocycles. The lowest BCUT2D eigenvalue weighted by atomic mass is 10.1. The molecular formula is C22H22FN5O3. The quantitative estimate of drug-likeness (QED) is 0.490. The Morgan fingerprint density at radius 3 is 2.58 bits per heavy atom. The molecule has 0 radical (unpaired) electrons. The van der Waals surface area contributed by atoms with Gasteiger partial charge in [0.2, 0.25) is 5.95 Å². The normalized spacial score (nSPS) is 11.5. The molecule has 160 valence electrons. The lowest BCUT2D eigenvalue weighted by Crippen LogP contribution is -2.42. The number of imidazole rings is 1. The van der Waals surface area contributed by atoms with Gasteiger partial charge in [-0.25, -0.2) is 9.37 Å². The first-order valence-electron chi connectivity index (χ1n) is 9.58. The van der Waals surface area contributed by atoms with Crippen molar-refractivity contribution in [2.45, 2.75) is 19.4 Å². The number of aromatic nitrogens is 4. The minimum Gasteiger partial charge on any atom is -0.494 e. The summed E-state index contributed by atoms with van der Waals surface area (Å²) in [6, 6.07) is 9.21. The standard InChI is InChI=1S/C22H22FN5O3/c1-22(2,31-15-7-5-14(23)6-8-15)20(29)27-21-25-18-16(13-11-24-28(3)12-13)9-10-17(30-4)19(18)26-21/h5-12H,1-4H3,(H2,25,26,27,29). The van der Waals surface area contributed by atoms with Gasteiger partial charge in [0.05, 0.1) is 13.3 Å². The number of nitrogens with zero attached hydrogens (tertiary/aromatic N) is 3. The van der Waals surface area contributed by atoms with E-state index in [0.29, 0.717) is 22.5 Å². The molecule has 0 bridgehead atoms. The first kappa shape index (κ1) is 20.4. The van der Waals surface area contributed by atoms with Gasteiger partial charge >= 0.3 is 0 Å². The lowest BCUT2D eigenvalue weighted by Gasteiger charge is -2.24. The van der Waals surface area contributed by atoms with Crippen LogP contribution in [-0.4, -0.2) is 38.4 Å². The number of halogens is 1. The molecule has 4 aromatic rings. The number of methoxy groups -OCH3 is 1. The molecule has 0 fully saturated rings. The number of anilines is 1. The number of benzene rings is 2. The predicted octanol–water partition coefficient (Wildman–Crippen LogP) is 3.91. The minimum atomic E-state index is -1.23. The maximum absolute atomic E-state index is 13.1. The Kier molecular flexibility index (Phi) is 5.10. The summed E-state index contributed by atoms with van der Waals surface area (Å²) in [7, 11) is 3.40. The summed E-state index contributed by atoms with van der Waals surface area (Å²) >= 11 is 0. The third kappa shape index (κ3) is 4.07. The van der Waals surface area contributed by atoms with Crippen molar-refractivity contribution in [1.29, 1.82) is 0 Å². The zero-order chi connectivity index (χ0) is 22.2. The van der Waals surface area contributed by atoms with E-state index in [1.165, 1.54) is 24.3 Å². The zero-order valence-corrected chi connectivity index (χ0v) is 17.6. The van der Waals surface area contributed by atoms with Gasteiger partial charge in [-0.1, -0.05) is 0 Å². The summed E-state index contributed by atoms with van der Waals surface area (Å²) in [4.78, 5) is 20.6. The first-order chi connectivity index (χ1) is 14.8. The van der Waals surface area contributed by atoms with Crippen LogP contribution in [0, 0.1) is 5.82 Å². The van der Waals surface area contributed by atoms with Crippen LogP contribution < -0.4 is 14.8 Å². The van der Waals surface area contributed by atoms with Crippen molar-refractivity contribution in [1.82, 2.24) is 19.7 Å². The number of fused-ring (bicyclic) bond motifs is 1. The van der Waals surface area contributed by atoms with Crippen molar-refractivity contribution in [3.8, 4) is 22.6 Å². The predicted molar refractivity (Wildman–Crippen MR) is 115 cm³/mol. The van der Waals surface area contributed by atoms with Crippen LogP contribution in [0.25, 0.3) is 22.2 Å². The number of amides is 1. The van der Waals surface area contributed by atoms with Crippen LogP contribution in [0.5, 0.6) is 11.5 Å². The number of carbonyl (C=O) groups is 1. The molecule has 1 amide bonds. The van der Waals surface area contributed by atoms with Crippen molar-refractivity contribution >= 4 is 22.9 Å². The van der Waals surface area contributed by atoms with Crippen molar-refractivity contribution < 1.29 is 18.7 Å². The molecule has 2 heterocycles. The molecule has 9 heteroatoms. The van der Waals surface area contributed by atoms with Crippen LogP contribution in [-0.2, 0) is 11.8 Å². The van der Waals surface area contributed by atoms with Crippen LogP contribution in [0.3, 0.4) is 0 Å². The largest absolute Gasteiger partial charge is 0.494 e. The second kappa shape index (κ2) is 7.75. The molecule has 31 heavy (non-hydrogen) atoms. The van der Waals surface area contributed by atoms with Crippen LogP contribution in [0.4, 0.5) is 10.3 Å². The highest BCUT2D eigenvalue weighted by molar-refractivity contribution is 6.00. The highest BCUT2D eigenvalue weighted by atomic mass is 19.1. The number of ether oxygens (including phenoxy) is 2. The number of rotatable bonds is 6. The molecule has 2 aromatic heterocycles. The maximum atomic E-state index is 13.1. The minimum absolute atomic E-state index is 0.255. The Labute approximate surface area is 178 Å². The number of nitrogens with one attached hydrogen (secondary N) is 2. The van der Waals surface area contributed by atoms with Crippen molar-refractivity contribution in [3.05, 3.63) is 54.6 Å². The molecule has 0 spiro atoms. The summed E-state index contributed by atoms with van der Waals surface area (Å²) in [6.45, 7) is 3.24. The van der Waals surface area contributed by atoms with Gasteiger partial charge in [0.15, 0.2) is 5.60 Å². The number of carbonyl (C=O) groups excluding carboxylic acids is 1. The van der Waals surface area contributed by atoms with E-state index in [0.717, 1.165) is 11.1 Å². The second-order valence-electron chi connectivity index (χ2n) is 7.55. The number of hydrogen-bond acceptors (Lipinski definition) is 5. The van der Waals surface area contributed by atoms with Crippen LogP contribution in [0.15, 0.2) is 48.8 Å². The van der Waals surface area contributed by atoms with Gasteiger partial charge in [-0.2, -0.15) is 5.10 Å². The smallest absolute Gasteiger partial charge is 0.270 e. The van der Waals surface area contributed by atoms with E-state index in [4.69, 9.17) is 9.47 Å². The summed E-state index contributed by atoms with van der Waals surface area (Å²) < 4.78 is 26.0. The van der Waals surface area contributed by atoms with Gasteiger partial charge in [-0.15, -0.1) is 0 Å². The monoisotopic (exact) mass is 423 g/mol. The Balaban J connectivity index is 1.63. The topological polar surface area (TPSA) is 94.1 Å². The summed E-state index contributed by atoms with van der Waals surface area (Å²) in [6.07, 6.45) is 3.63. The Morgan fingerprint density at radius 2 is 1.94 bits per heavy atom. The average molecular weight is 423 g/mol. The number of H-pyrrole nitrogens is 1. The lowest BCUT2D eigenvalue weighted by molar-refractivity contribution is -0.128. The molecular weight excluding hydrogens is 401 g/mol. The molecule has 4 rings (SSSR count). The van der Waals surface area contributed by atoms with Gasteiger partial charge in [0.1, 0.15) is 28.3 Å². The van der Waals surface area contributed by atoms with Gasteiger partial charge in [0, 0.05) is 24.4 Å². The second-order valence-corrected chi connectivity index (χ2v) is 7.55. The van der Waals surface area contributed by atoms with Crippen LogP contribution >= 0.6 is 0 Å². The van der Waals surface area contributed by atoms with Crippen molar-refractivity contribution in [2.75, 3.05) is 12.4 Å². The highest BCUT2D eigenvalue weighted by Crippen LogP contribution is 2.34. The maximum Gasteiger partial charge on any atom is 0.270 e. The molecule has 0 atom stereocenters. The van der Waals surface area contributed by atoms with Crippen molar-refractivity contribution in [3.63, 3.8) is 0 Å². The summed E-state index contributed by atoms with van der Waals surface area (Å²) in [5.74, 6) is 0.433. The number of aromatic amines is 1. The number of aryl methyl sites for hydroxylation is 1. The van der Waals surface area contributed by atoms with Gasteiger partial charge in [0.25, 0.3) is 5.91 Å². The van der Waals surface area contributed by atoms with E-state index >= 15 is 0 Å². The molecule has 0 unspecified atom stereocenters. The fourth-order valence-corrected chi connectivity index (χ4v) is 3.19. The third-order valence-electron chi connectivity index (χ3n) is 4.81. The van der Waals surface area contributed by atoms with E-state index in [9.17, 15) is 9.18 Å². The van der Waals surface area contributed by atoms with E-state index in [-0.39, 0.29) is 11.8 Å². The summed E-state index contributed by atoms with van der Waals surface area (Å²) in [5, 5.41) is 6.97. The molecule has 2 aromatic carbocycles. The fourth-order valence-electron chi connectivity index (χ4n) is 3.19. The molecule has 0 aliphatic carbocycles. The average Bonchev–Trinajstić information content (AvgIpc) is 3.35. The van der Waals surface area contributed by atoms with E-state index in [2.05, 4.69) is 20.4 Å². The van der Waals surface area contributed by atoms with Gasteiger partial charge in [-0.05, 0) is 50.2 Å². The Hall–Kier alpha value is -3.88. The van der Waals surface area contributed by atoms with E-state index < -0.39 is 11.5 Å². The van der Waals surface area contributed by atoms with Crippen LogP contribution in [0.1, 0.15) is 13.8 Å². The molecule has 8 nitrogen and oxygen atoms in total. The van der Waals surface area contributed by atoms with E-state index in [1.807, 2.05) is 25.4 Å². The molecule has 2 N–H and O–H groups in total. The SMILES string of the molecule is COc1ccc(-c2cnn(C)c2)c2nc(NC(=O)C(C)(C)Oc3ccc(F)cc3)[nH]c12. The zero-order valence-electron chi connectivity index (χ0n) is 17.6. The van der Waals surface area contributed by atoms with Crippen LogP contribution in [0.2, 0.25) is 0 Å². The highest BCUT2D eigenvalue weighted by Gasteiger charge is 2.31. The van der Waals surface area contributed by atoms with Gasteiger partial charge < -0.3 is 14.5 Å². The Morgan fingerprint density at radius 1 is 1.19 bits per heavy atom. The number of hydrogen-bond donors (Lipinski definition) is 2. The Bertz CT molecular complexity index is 1240. The fraction of sp³-hybridized carbons (Fsp3) is 0.227. The third-order valence-corrected chi connectivity index (χ3v) is 4.81. The van der Waals surface area contributed by atoms with Crippen molar-refractivity contribution in [2.24, 2.45) is 7.05 Å².